The summed E-state index contributed by atoms with van der Waals surface area (Å²) in [5.74, 6) is 0.978. The van der Waals surface area contributed by atoms with Crippen molar-refractivity contribution in [1.82, 2.24) is 5.43 Å². The van der Waals surface area contributed by atoms with Gasteiger partial charge in [-0.05, 0) is 67.1 Å². The maximum Gasteiger partial charge on any atom is 0.271 e. The van der Waals surface area contributed by atoms with Crippen molar-refractivity contribution < 1.29 is 23.8 Å². The first-order valence-corrected chi connectivity index (χ1v) is 10.3. The number of carbonyl (C=O) groups excluding carboxylic acids is 2. The van der Waals surface area contributed by atoms with Gasteiger partial charge in [0.1, 0.15) is 5.75 Å². The molecule has 0 radical (unpaired) electrons. The molecule has 3 aromatic carbocycles. The predicted molar refractivity (Wildman–Crippen MR) is 126 cm³/mol. The van der Waals surface area contributed by atoms with Gasteiger partial charge in [-0.25, -0.2) is 5.43 Å². The molecule has 3 rings (SSSR count). The summed E-state index contributed by atoms with van der Waals surface area (Å²) in [5.41, 5.74) is 4.33. The van der Waals surface area contributed by atoms with Gasteiger partial charge in [-0.3, -0.25) is 9.59 Å². The minimum absolute atomic E-state index is 0.188. The van der Waals surface area contributed by atoms with Crippen LogP contribution in [0.2, 0.25) is 0 Å². The number of hydrogen-bond donors (Lipinski definition) is 2. The molecular weight excluding hydrogens is 422 g/mol. The van der Waals surface area contributed by atoms with Crippen molar-refractivity contribution in [2.24, 2.45) is 5.10 Å². The smallest absolute Gasteiger partial charge is 0.271 e. The van der Waals surface area contributed by atoms with Crippen LogP contribution in [-0.2, 0) is 4.79 Å². The zero-order valence-electron chi connectivity index (χ0n) is 18.4. The summed E-state index contributed by atoms with van der Waals surface area (Å²) in [7, 11) is 1.58. The van der Waals surface area contributed by atoms with Crippen molar-refractivity contribution in [3.8, 4) is 17.2 Å². The molecule has 0 bridgehead atoms. The van der Waals surface area contributed by atoms with E-state index in [1.807, 2.05) is 13.0 Å². The Bertz CT molecular complexity index is 1100. The topological polar surface area (TPSA) is 98.3 Å². The standard InChI is InChI=1S/C25H25N3O5/c1-3-32-23-15-18(16-26-28-25(30)19-7-5-4-6-8-19)9-14-22(23)33-17-24(29)27-20-10-12-21(31-2)13-11-20/h4-16H,3,17H2,1-2H3,(H,27,29)(H,28,30). The number of nitrogens with one attached hydrogen (secondary N) is 2. The average molecular weight is 447 g/mol. The molecule has 33 heavy (non-hydrogen) atoms. The summed E-state index contributed by atoms with van der Waals surface area (Å²) in [4.78, 5) is 24.3. The first kappa shape index (κ1) is 23.3. The first-order valence-electron chi connectivity index (χ1n) is 10.3. The van der Waals surface area contributed by atoms with Gasteiger partial charge < -0.3 is 19.5 Å². The molecule has 0 aromatic heterocycles. The van der Waals surface area contributed by atoms with E-state index in [0.717, 1.165) is 0 Å². The van der Waals surface area contributed by atoms with Crippen molar-refractivity contribution in [3.05, 3.63) is 83.9 Å². The number of benzene rings is 3. The molecule has 0 unspecified atom stereocenters. The Hall–Kier alpha value is -4.33. The molecule has 2 N–H and O–H groups in total. The van der Waals surface area contributed by atoms with Gasteiger partial charge in [0.2, 0.25) is 0 Å². The zero-order valence-corrected chi connectivity index (χ0v) is 18.4. The van der Waals surface area contributed by atoms with Gasteiger partial charge in [0.25, 0.3) is 11.8 Å². The quantitative estimate of drug-likeness (QED) is 0.363. The summed E-state index contributed by atoms with van der Waals surface area (Å²) >= 11 is 0. The van der Waals surface area contributed by atoms with Gasteiger partial charge in [0.05, 0.1) is 19.9 Å². The second kappa shape index (κ2) is 11.9. The van der Waals surface area contributed by atoms with Crippen LogP contribution in [0.25, 0.3) is 0 Å². The lowest BCUT2D eigenvalue weighted by atomic mass is 10.2. The van der Waals surface area contributed by atoms with E-state index in [9.17, 15) is 9.59 Å². The summed E-state index contributed by atoms with van der Waals surface area (Å²) < 4.78 is 16.4. The monoisotopic (exact) mass is 447 g/mol. The number of hydrogen-bond acceptors (Lipinski definition) is 6. The molecule has 0 spiro atoms. The van der Waals surface area contributed by atoms with Crippen LogP contribution in [0.3, 0.4) is 0 Å². The Morgan fingerprint density at radius 2 is 1.70 bits per heavy atom. The molecule has 0 aliphatic rings. The van der Waals surface area contributed by atoms with E-state index in [2.05, 4.69) is 15.8 Å². The molecule has 3 aromatic rings. The Balaban J connectivity index is 1.58. The minimum Gasteiger partial charge on any atom is -0.497 e. The highest BCUT2D eigenvalue weighted by Crippen LogP contribution is 2.28. The Kier molecular flexibility index (Phi) is 8.41. The highest BCUT2D eigenvalue weighted by molar-refractivity contribution is 5.95. The van der Waals surface area contributed by atoms with E-state index in [1.165, 1.54) is 6.21 Å². The molecule has 0 heterocycles. The SMILES string of the molecule is CCOc1cc(C=NNC(=O)c2ccccc2)ccc1OCC(=O)Nc1ccc(OC)cc1. The maximum absolute atomic E-state index is 12.2. The highest BCUT2D eigenvalue weighted by Gasteiger charge is 2.10. The van der Waals surface area contributed by atoms with Crippen LogP contribution in [0.1, 0.15) is 22.8 Å². The third-order valence-electron chi connectivity index (χ3n) is 4.42. The maximum atomic E-state index is 12.2. The number of carbonyl (C=O) groups is 2. The fourth-order valence-corrected chi connectivity index (χ4v) is 2.83. The van der Waals surface area contributed by atoms with E-state index in [-0.39, 0.29) is 18.4 Å². The molecule has 0 aliphatic carbocycles. The van der Waals surface area contributed by atoms with Crippen molar-refractivity contribution >= 4 is 23.7 Å². The number of nitrogens with zero attached hydrogens (tertiary/aromatic N) is 1. The summed E-state index contributed by atoms with van der Waals surface area (Å²) in [5, 5.41) is 6.74. The van der Waals surface area contributed by atoms with E-state index in [1.54, 1.807) is 73.8 Å². The van der Waals surface area contributed by atoms with Crippen LogP contribution in [0.5, 0.6) is 17.2 Å². The second-order valence-corrected chi connectivity index (χ2v) is 6.77. The third kappa shape index (κ3) is 7.10. The molecule has 8 heteroatoms. The number of ether oxygens (including phenoxy) is 3. The van der Waals surface area contributed by atoms with Gasteiger partial charge in [-0.1, -0.05) is 18.2 Å². The lowest BCUT2D eigenvalue weighted by molar-refractivity contribution is -0.118. The fraction of sp³-hybridized carbons (Fsp3) is 0.160. The molecule has 8 nitrogen and oxygen atoms in total. The van der Waals surface area contributed by atoms with E-state index >= 15 is 0 Å². The van der Waals surface area contributed by atoms with Crippen molar-refractivity contribution in [2.45, 2.75) is 6.92 Å². The normalized spacial score (nSPS) is 10.5. The van der Waals surface area contributed by atoms with Gasteiger partial charge in [-0.2, -0.15) is 5.10 Å². The Morgan fingerprint density at radius 1 is 0.939 bits per heavy atom. The summed E-state index contributed by atoms with van der Waals surface area (Å²) in [6.07, 6.45) is 1.50. The molecular formula is C25H25N3O5. The lowest BCUT2D eigenvalue weighted by Gasteiger charge is -2.13. The van der Waals surface area contributed by atoms with Gasteiger partial charge >= 0.3 is 0 Å². The van der Waals surface area contributed by atoms with Crippen LogP contribution < -0.4 is 25.0 Å². The molecule has 0 aliphatic heterocycles. The van der Waals surface area contributed by atoms with Crippen LogP contribution >= 0.6 is 0 Å². The molecule has 0 fully saturated rings. The third-order valence-corrected chi connectivity index (χ3v) is 4.42. The van der Waals surface area contributed by atoms with Crippen LogP contribution in [0.15, 0.2) is 77.9 Å². The largest absolute Gasteiger partial charge is 0.497 e. The van der Waals surface area contributed by atoms with Gasteiger partial charge in [0, 0.05) is 11.3 Å². The molecule has 2 amide bonds. The Labute approximate surface area is 192 Å². The molecule has 170 valence electrons. The molecule has 0 saturated heterocycles. The van der Waals surface area contributed by atoms with Gasteiger partial charge in [0.15, 0.2) is 18.1 Å². The Morgan fingerprint density at radius 3 is 2.39 bits per heavy atom. The van der Waals surface area contributed by atoms with Crippen molar-refractivity contribution in [1.29, 1.82) is 0 Å². The minimum atomic E-state index is -0.308. The lowest BCUT2D eigenvalue weighted by Crippen LogP contribution is -2.20. The number of anilines is 1. The van der Waals surface area contributed by atoms with Crippen molar-refractivity contribution in [2.75, 3.05) is 25.6 Å². The second-order valence-electron chi connectivity index (χ2n) is 6.77. The van der Waals surface area contributed by atoms with E-state index in [0.29, 0.717) is 40.7 Å². The highest BCUT2D eigenvalue weighted by atomic mass is 16.5. The van der Waals surface area contributed by atoms with Crippen molar-refractivity contribution in [3.63, 3.8) is 0 Å². The van der Waals surface area contributed by atoms with E-state index in [4.69, 9.17) is 14.2 Å². The summed E-state index contributed by atoms with van der Waals surface area (Å²) in [6, 6.07) is 21.0. The van der Waals surface area contributed by atoms with Crippen LogP contribution in [0, 0.1) is 0 Å². The number of hydrazone groups is 1. The number of methoxy groups -OCH3 is 1. The molecule has 0 atom stereocenters. The number of amides is 2. The van der Waals surface area contributed by atoms with Crippen LogP contribution in [-0.4, -0.2) is 38.4 Å². The first-order chi connectivity index (χ1) is 16.1. The van der Waals surface area contributed by atoms with Gasteiger partial charge in [-0.15, -0.1) is 0 Å². The predicted octanol–water partition coefficient (Wildman–Crippen LogP) is 3.88. The number of rotatable bonds is 10. The fourth-order valence-electron chi connectivity index (χ4n) is 2.83. The van der Waals surface area contributed by atoms with E-state index < -0.39 is 0 Å². The summed E-state index contributed by atoms with van der Waals surface area (Å²) in [6.45, 7) is 2.08. The average Bonchev–Trinajstić information content (AvgIpc) is 2.84. The van der Waals surface area contributed by atoms with Crippen LogP contribution in [0.4, 0.5) is 5.69 Å². The molecule has 0 saturated carbocycles. The zero-order chi connectivity index (χ0) is 23.5.